The van der Waals surface area contributed by atoms with E-state index in [9.17, 15) is 4.79 Å². The molecule has 0 bridgehead atoms. The molecule has 136 valence electrons. The number of methoxy groups -OCH3 is 1. The monoisotopic (exact) mass is 369 g/mol. The van der Waals surface area contributed by atoms with E-state index in [4.69, 9.17) is 4.74 Å². The van der Waals surface area contributed by atoms with Gasteiger partial charge in [0, 0.05) is 31.6 Å². The fourth-order valence-corrected chi connectivity index (χ4v) is 4.65. The van der Waals surface area contributed by atoms with Crippen LogP contribution in [0.3, 0.4) is 0 Å². The molecule has 1 aromatic carbocycles. The zero-order valence-electron chi connectivity index (χ0n) is 14.9. The average molecular weight is 369 g/mol. The molecule has 0 amide bonds. The summed E-state index contributed by atoms with van der Waals surface area (Å²) in [5.41, 5.74) is 2.01. The van der Waals surface area contributed by atoms with Crippen molar-refractivity contribution in [2.24, 2.45) is 5.92 Å². The number of aromatic nitrogens is 2. The van der Waals surface area contributed by atoms with Crippen molar-refractivity contribution in [2.75, 3.05) is 33.4 Å². The highest BCUT2D eigenvalue weighted by atomic mass is 32.1. The lowest BCUT2D eigenvalue weighted by Crippen LogP contribution is -2.28. The molecule has 0 saturated carbocycles. The van der Waals surface area contributed by atoms with Crippen LogP contribution in [0.15, 0.2) is 47.5 Å². The van der Waals surface area contributed by atoms with Crippen LogP contribution in [-0.4, -0.2) is 47.8 Å². The largest absolute Gasteiger partial charge is 0.383 e. The summed E-state index contributed by atoms with van der Waals surface area (Å²) in [6.45, 7) is 4.56. The van der Waals surface area contributed by atoms with Crippen molar-refractivity contribution in [3.8, 4) is 10.4 Å². The minimum Gasteiger partial charge on any atom is -0.383 e. The molecule has 3 aromatic rings. The Hall–Kier alpha value is -2.02. The van der Waals surface area contributed by atoms with Crippen molar-refractivity contribution >= 4 is 21.6 Å². The molecule has 2 aromatic heterocycles. The summed E-state index contributed by atoms with van der Waals surface area (Å²) in [6.07, 6.45) is 2.83. The van der Waals surface area contributed by atoms with Crippen LogP contribution < -0.4 is 5.56 Å². The first kappa shape index (κ1) is 17.4. The quantitative estimate of drug-likeness (QED) is 0.670. The van der Waals surface area contributed by atoms with E-state index in [1.165, 1.54) is 11.3 Å². The summed E-state index contributed by atoms with van der Waals surface area (Å²) in [6, 6.07) is 12.2. The normalized spacial score (nSPS) is 18.0. The molecule has 3 heterocycles. The maximum Gasteiger partial charge on any atom is 0.271 e. The predicted molar refractivity (Wildman–Crippen MR) is 106 cm³/mol. The van der Waals surface area contributed by atoms with Gasteiger partial charge in [0.1, 0.15) is 4.70 Å². The molecule has 0 spiro atoms. The maximum atomic E-state index is 12.9. The van der Waals surface area contributed by atoms with Gasteiger partial charge < -0.3 is 9.64 Å². The van der Waals surface area contributed by atoms with Crippen LogP contribution >= 0.6 is 11.3 Å². The first-order valence-corrected chi connectivity index (χ1v) is 9.82. The Morgan fingerprint density at radius 3 is 2.96 bits per heavy atom. The van der Waals surface area contributed by atoms with E-state index in [1.54, 1.807) is 18.0 Å². The van der Waals surface area contributed by atoms with Crippen molar-refractivity contribution in [1.29, 1.82) is 0 Å². The standard InChI is InChI=1S/C20H23N3O2S/c1-25-10-9-22-8-7-15(12-22)13-23-14-21-17-11-18(26-19(17)20(23)24)16-5-3-2-4-6-16/h2-6,11,14-15H,7-10,12-13H2,1H3/t15-/m1/s1. The molecular weight excluding hydrogens is 346 g/mol. The second kappa shape index (κ2) is 7.70. The van der Waals surface area contributed by atoms with Gasteiger partial charge >= 0.3 is 0 Å². The Labute approximate surface area is 156 Å². The fraction of sp³-hybridized carbons (Fsp3) is 0.400. The van der Waals surface area contributed by atoms with Crippen molar-refractivity contribution in [2.45, 2.75) is 13.0 Å². The lowest BCUT2D eigenvalue weighted by molar-refractivity contribution is 0.158. The Balaban J connectivity index is 1.54. The van der Waals surface area contributed by atoms with Gasteiger partial charge in [0.15, 0.2) is 0 Å². The van der Waals surface area contributed by atoms with E-state index in [0.717, 1.165) is 59.9 Å². The van der Waals surface area contributed by atoms with Crippen molar-refractivity contribution in [3.63, 3.8) is 0 Å². The fourth-order valence-electron chi connectivity index (χ4n) is 3.58. The number of hydrogen-bond donors (Lipinski definition) is 0. The molecule has 0 radical (unpaired) electrons. The second-order valence-corrected chi connectivity index (χ2v) is 7.89. The molecular formula is C20H23N3O2S. The van der Waals surface area contributed by atoms with Gasteiger partial charge in [0.25, 0.3) is 5.56 Å². The van der Waals surface area contributed by atoms with Gasteiger partial charge in [-0.05, 0) is 30.5 Å². The number of benzene rings is 1. The van der Waals surface area contributed by atoms with E-state index < -0.39 is 0 Å². The highest BCUT2D eigenvalue weighted by molar-refractivity contribution is 7.22. The Morgan fingerprint density at radius 2 is 2.15 bits per heavy atom. The Bertz CT molecular complexity index is 935. The first-order valence-electron chi connectivity index (χ1n) is 9.00. The third-order valence-electron chi connectivity index (χ3n) is 5.00. The van der Waals surface area contributed by atoms with Crippen LogP contribution in [0.1, 0.15) is 6.42 Å². The molecule has 6 heteroatoms. The van der Waals surface area contributed by atoms with E-state index in [-0.39, 0.29) is 5.56 Å². The van der Waals surface area contributed by atoms with Crippen LogP contribution in [0.2, 0.25) is 0 Å². The van der Waals surface area contributed by atoms with Gasteiger partial charge in [0.2, 0.25) is 0 Å². The first-order chi connectivity index (χ1) is 12.7. The third kappa shape index (κ3) is 3.58. The smallest absolute Gasteiger partial charge is 0.271 e. The molecule has 0 N–H and O–H groups in total. The van der Waals surface area contributed by atoms with Gasteiger partial charge in [-0.2, -0.15) is 0 Å². The molecule has 1 saturated heterocycles. The Morgan fingerprint density at radius 1 is 1.31 bits per heavy atom. The number of likely N-dealkylation sites (tertiary alicyclic amines) is 1. The van der Waals surface area contributed by atoms with Crippen LogP contribution in [0.5, 0.6) is 0 Å². The third-order valence-corrected chi connectivity index (χ3v) is 6.16. The van der Waals surface area contributed by atoms with E-state index in [0.29, 0.717) is 5.92 Å². The molecule has 1 aliphatic heterocycles. The number of fused-ring (bicyclic) bond motifs is 1. The minimum absolute atomic E-state index is 0.0810. The molecule has 1 aliphatic rings. The van der Waals surface area contributed by atoms with Gasteiger partial charge in [-0.25, -0.2) is 4.98 Å². The second-order valence-electron chi connectivity index (χ2n) is 6.84. The van der Waals surface area contributed by atoms with Gasteiger partial charge in [-0.15, -0.1) is 11.3 Å². The van der Waals surface area contributed by atoms with Crippen LogP contribution in [0.25, 0.3) is 20.7 Å². The zero-order valence-corrected chi connectivity index (χ0v) is 15.7. The summed E-state index contributed by atoms with van der Waals surface area (Å²) in [4.78, 5) is 21.0. The van der Waals surface area contributed by atoms with Crippen LogP contribution in [0.4, 0.5) is 0 Å². The SMILES string of the molecule is COCCN1CC[C@@H](Cn2cnc3cc(-c4ccccc4)sc3c2=O)C1. The average Bonchev–Trinajstić information content (AvgIpc) is 3.30. The number of hydrogen-bond acceptors (Lipinski definition) is 5. The van der Waals surface area contributed by atoms with Gasteiger partial charge in [-0.1, -0.05) is 30.3 Å². The summed E-state index contributed by atoms with van der Waals surface area (Å²) in [5.74, 6) is 0.498. The lowest BCUT2D eigenvalue weighted by Gasteiger charge is -2.15. The Kier molecular flexibility index (Phi) is 5.15. The van der Waals surface area contributed by atoms with E-state index in [1.807, 2.05) is 24.3 Å². The molecule has 1 fully saturated rings. The lowest BCUT2D eigenvalue weighted by atomic mass is 10.1. The predicted octanol–water partition coefficient (Wildman–Crippen LogP) is 3.09. The summed E-state index contributed by atoms with van der Waals surface area (Å²) in [7, 11) is 1.73. The molecule has 0 unspecified atom stereocenters. The number of thiophene rings is 1. The summed E-state index contributed by atoms with van der Waals surface area (Å²) >= 11 is 1.54. The molecule has 4 rings (SSSR count). The summed E-state index contributed by atoms with van der Waals surface area (Å²) < 4.78 is 7.70. The van der Waals surface area contributed by atoms with Crippen LogP contribution in [0, 0.1) is 5.92 Å². The molecule has 1 atom stereocenters. The van der Waals surface area contributed by atoms with Crippen molar-refractivity contribution in [3.05, 3.63) is 53.1 Å². The number of nitrogens with zero attached hydrogens (tertiary/aromatic N) is 3. The van der Waals surface area contributed by atoms with E-state index >= 15 is 0 Å². The highest BCUT2D eigenvalue weighted by Crippen LogP contribution is 2.30. The molecule has 5 nitrogen and oxygen atoms in total. The minimum atomic E-state index is 0.0810. The van der Waals surface area contributed by atoms with Crippen molar-refractivity contribution < 1.29 is 4.74 Å². The van der Waals surface area contributed by atoms with Crippen molar-refractivity contribution in [1.82, 2.24) is 14.5 Å². The van der Waals surface area contributed by atoms with Gasteiger partial charge in [-0.3, -0.25) is 9.36 Å². The summed E-state index contributed by atoms with van der Waals surface area (Å²) in [5, 5.41) is 0. The van der Waals surface area contributed by atoms with Crippen LogP contribution in [-0.2, 0) is 11.3 Å². The zero-order chi connectivity index (χ0) is 17.9. The number of ether oxygens (including phenoxy) is 1. The number of rotatable bonds is 6. The topological polar surface area (TPSA) is 47.4 Å². The molecule has 26 heavy (non-hydrogen) atoms. The maximum absolute atomic E-state index is 12.9. The van der Waals surface area contributed by atoms with Gasteiger partial charge in [0.05, 0.1) is 18.5 Å². The highest BCUT2D eigenvalue weighted by Gasteiger charge is 2.23. The van der Waals surface area contributed by atoms with E-state index in [2.05, 4.69) is 22.0 Å². The molecule has 0 aliphatic carbocycles.